The fourth-order valence-corrected chi connectivity index (χ4v) is 1.96. The summed E-state index contributed by atoms with van der Waals surface area (Å²) in [6.07, 6.45) is 3.19. The Morgan fingerprint density at radius 1 is 0.750 bits per heavy atom. The van der Waals surface area contributed by atoms with E-state index in [0.29, 0.717) is 0 Å². The van der Waals surface area contributed by atoms with Crippen LogP contribution in [0.5, 0.6) is 0 Å². The summed E-state index contributed by atoms with van der Waals surface area (Å²) in [5, 5.41) is 1.36. The molecule has 1 heterocycles. The van der Waals surface area contributed by atoms with E-state index in [4.69, 9.17) is 0 Å². The van der Waals surface area contributed by atoms with Gasteiger partial charge >= 0.3 is 0 Å². The van der Waals surface area contributed by atoms with Crippen molar-refractivity contribution in [2.24, 2.45) is 0 Å². The lowest BCUT2D eigenvalue weighted by atomic mass is 10.1. The zero-order valence-corrected chi connectivity index (χ0v) is 15.0. The number of rotatable bonds is 1. The topological polar surface area (TPSA) is 15.8 Å². The van der Waals surface area contributed by atoms with Crippen LogP contribution in [0, 0.1) is 6.92 Å². The van der Waals surface area contributed by atoms with E-state index >= 15 is 0 Å². The van der Waals surface area contributed by atoms with Gasteiger partial charge in [0.2, 0.25) is 0 Å². The molecule has 1 heteroatoms. The molecule has 0 amide bonds. The highest BCUT2D eigenvalue weighted by atomic mass is 14.7. The zero-order valence-electron chi connectivity index (χ0n) is 15.0. The molecule has 0 aliphatic carbocycles. The molecule has 0 bridgehead atoms. The Bertz CT molecular complexity index is 594. The summed E-state index contributed by atoms with van der Waals surface area (Å²) in [7, 11) is 0. The maximum absolute atomic E-state index is 3.24. The molecule has 0 aliphatic rings. The largest absolute Gasteiger partial charge is 0.361 e. The van der Waals surface area contributed by atoms with Crippen molar-refractivity contribution in [2.45, 2.75) is 62.8 Å². The predicted octanol–water partition coefficient (Wildman–Crippen LogP) is 8.05. The smallest absolute Gasteiger partial charge is 0.0456 e. The van der Waals surface area contributed by atoms with Gasteiger partial charge in [-0.3, -0.25) is 0 Å². The molecule has 2 aromatic carbocycles. The van der Waals surface area contributed by atoms with E-state index in [1.807, 2.05) is 45.9 Å². The third-order valence-corrected chi connectivity index (χ3v) is 3.00. The average molecular weight is 330 g/mol. The van der Waals surface area contributed by atoms with E-state index in [2.05, 4.69) is 61.4 Å². The Hall–Kier alpha value is -2.02. The standard InChI is InChI=1S/C10H11N.C7H8.2C2H6.2CH4/c1-2-8-7-11-10-6-4-3-5-9(8)10;1-7-5-3-2-4-6-7;2*1-2;;/h3-7,11H,2H2,1H3;2-6H,1H3;2*1-2H3;2*1H4. The Morgan fingerprint density at radius 2 is 1.25 bits per heavy atom. The fraction of sp³-hybridized carbons (Fsp3) is 0.391. The van der Waals surface area contributed by atoms with Crippen molar-refractivity contribution in [2.75, 3.05) is 0 Å². The molecular weight excluding hydrogens is 290 g/mol. The summed E-state index contributed by atoms with van der Waals surface area (Å²) >= 11 is 0. The van der Waals surface area contributed by atoms with Crippen LogP contribution in [0.1, 0.15) is 60.6 Å². The van der Waals surface area contributed by atoms with E-state index in [-0.39, 0.29) is 14.9 Å². The van der Waals surface area contributed by atoms with Gasteiger partial charge in [0, 0.05) is 17.1 Å². The number of benzene rings is 2. The summed E-state index contributed by atoms with van der Waals surface area (Å²) in [5.74, 6) is 0. The number of nitrogens with one attached hydrogen (secondary N) is 1. The molecule has 0 saturated carbocycles. The van der Waals surface area contributed by atoms with Gasteiger partial charge in [-0.2, -0.15) is 0 Å². The number of hydrogen-bond donors (Lipinski definition) is 1. The average Bonchev–Trinajstić information content (AvgIpc) is 3.03. The van der Waals surface area contributed by atoms with Crippen molar-refractivity contribution in [1.82, 2.24) is 4.98 Å². The molecule has 1 N–H and O–H groups in total. The summed E-state index contributed by atoms with van der Waals surface area (Å²) in [6, 6.07) is 18.7. The van der Waals surface area contributed by atoms with Crippen LogP contribution in [0.4, 0.5) is 0 Å². The molecule has 0 spiro atoms. The summed E-state index contributed by atoms with van der Waals surface area (Å²) in [5.41, 5.74) is 3.97. The Labute approximate surface area is 151 Å². The second kappa shape index (κ2) is 17.3. The Balaban J connectivity index is -0.000000299. The minimum atomic E-state index is 0. The van der Waals surface area contributed by atoms with Crippen LogP contribution in [0.25, 0.3) is 10.9 Å². The number of H-pyrrole nitrogens is 1. The van der Waals surface area contributed by atoms with Gasteiger partial charge in [-0.25, -0.2) is 0 Å². The van der Waals surface area contributed by atoms with Crippen molar-refractivity contribution >= 4 is 10.9 Å². The summed E-state index contributed by atoms with van der Waals surface area (Å²) in [4.78, 5) is 3.24. The number of aromatic amines is 1. The van der Waals surface area contributed by atoms with E-state index in [9.17, 15) is 0 Å². The van der Waals surface area contributed by atoms with Gasteiger partial charge < -0.3 is 4.98 Å². The first-order valence-corrected chi connectivity index (χ1v) is 8.38. The molecule has 1 aromatic heterocycles. The number of aromatic nitrogens is 1. The normalized spacial score (nSPS) is 7.92. The summed E-state index contributed by atoms with van der Waals surface area (Å²) in [6.45, 7) is 12.3. The monoisotopic (exact) mass is 329 g/mol. The van der Waals surface area contributed by atoms with Gasteiger partial charge in [0.1, 0.15) is 0 Å². The van der Waals surface area contributed by atoms with Crippen molar-refractivity contribution in [3.8, 4) is 0 Å². The molecule has 0 fully saturated rings. The Morgan fingerprint density at radius 3 is 1.71 bits per heavy atom. The van der Waals surface area contributed by atoms with Crippen LogP contribution in [0.3, 0.4) is 0 Å². The molecular formula is C23H39N. The summed E-state index contributed by atoms with van der Waals surface area (Å²) < 4.78 is 0. The lowest BCUT2D eigenvalue weighted by molar-refractivity contribution is 1.15. The van der Waals surface area contributed by atoms with E-state index in [0.717, 1.165) is 6.42 Å². The molecule has 0 saturated heterocycles. The molecule has 3 rings (SSSR count). The van der Waals surface area contributed by atoms with Crippen LogP contribution >= 0.6 is 0 Å². The first-order valence-electron chi connectivity index (χ1n) is 8.38. The van der Waals surface area contributed by atoms with Gasteiger partial charge in [0.25, 0.3) is 0 Å². The minimum Gasteiger partial charge on any atom is -0.361 e. The van der Waals surface area contributed by atoms with Gasteiger partial charge in [-0.15, -0.1) is 0 Å². The first kappa shape index (κ1) is 26.9. The van der Waals surface area contributed by atoms with Crippen molar-refractivity contribution < 1.29 is 0 Å². The van der Waals surface area contributed by atoms with Gasteiger partial charge in [-0.05, 0) is 25.0 Å². The van der Waals surface area contributed by atoms with Crippen LogP contribution < -0.4 is 0 Å². The van der Waals surface area contributed by atoms with Gasteiger partial charge in [-0.1, -0.05) is 104 Å². The van der Waals surface area contributed by atoms with Crippen LogP contribution in [-0.4, -0.2) is 4.98 Å². The van der Waals surface area contributed by atoms with E-state index in [1.165, 1.54) is 22.0 Å². The molecule has 0 atom stereocenters. The van der Waals surface area contributed by atoms with E-state index in [1.54, 1.807) is 0 Å². The van der Waals surface area contributed by atoms with Gasteiger partial charge in [0.05, 0.1) is 0 Å². The number of fused-ring (bicyclic) bond motifs is 1. The highest BCUT2D eigenvalue weighted by molar-refractivity contribution is 5.82. The quantitative estimate of drug-likeness (QED) is 0.465. The number of aryl methyl sites for hydroxylation is 2. The minimum absolute atomic E-state index is 0. The lowest BCUT2D eigenvalue weighted by Crippen LogP contribution is -1.72. The number of para-hydroxylation sites is 1. The second-order valence-electron chi connectivity index (χ2n) is 4.37. The second-order valence-corrected chi connectivity index (χ2v) is 4.37. The van der Waals surface area contributed by atoms with Crippen LogP contribution in [-0.2, 0) is 6.42 Å². The molecule has 0 radical (unpaired) electrons. The molecule has 0 aliphatic heterocycles. The highest BCUT2D eigenvalue weighted by Gasteiger charge is 1.97. The third-order valence-electron chi connectivity index (χ3n) is 3.00. The highest BCUT2D eigenvalue weighted by Crippen LogP contribution is 2.17. The van der Waals surface area contributed by atoms with Crippen LogP contribution in [0.2, 0.25) is 0 Å². The fourth-order valence-electron chi connectivity index (χ4n) is 1.96. The Kier molecular flexibility index (Phi) is 19.4. The molecule has 0 unspecified atom stereocenters. The van der Waals surface area contributed by atoms with Crippen molar-refractivity contribution in [3.63, 3.8) is 0 Å². The molecule has 24 heavy (non-hydrogen) atoms. The molecule has 136 valence electrons. The predicted molar refractivity (Wildman–Crippen MR) is 115 cm³/mol. The lowest BCUT2D eigenvalue weighted by Gasteiger charge is -1.90. The van der Waals surface area contributed by atoms with E-state index < -0.39 is 0 Å². The maximum atomic E-state index is 3.24. The number of hydrogen-bond acceptors (Lipinski definition) is 0. The van der Waals surface area contributed by atoms with Crippen molar-refractivity contribution in [3.05, 3.63) is 71.9 Å². The van der Waals surface area contributed by atoms with Crippen LogP contribution in [0.15, 0.2) is 60.8 Å². The third kappa shape index (κ3) is 9.19. The SMILES string of the molecule is C.C.CC.CC.CCc1c[nH]c2ccccc12.Cc1ccccc1. The van der Waals surface area contributed by atoms with Crippen molar-refractivity contribution in [1.29, 1.82) is 0 Å². The zero-order chi connectivity index (χ0) is 16.8. The molecule has 1 nitrogen and oxygen atoms in total. The first-order chi connectivity index (χ1) is 10.8. The van der Waals surface area contributed by atoms with Gasteiger partial charge in [0.15, 0.2) is 0 Å². The molecule has 3 aromatic rings. The maximum Gasteiger partial charge on any atom is 0.0456 e.